The van der Waals surface area contributed by atoms with E-state index in [1.807, 2.05) is 13.0 Å². The first-order valence-corrected chi connectivity index (χ1v) is 18.8. The smallest absolute Gasteiger partial charge is 0.338 e. The number of aliphatic hydroxyl groups is 2. The lowest BCUT2D eigenvalue weighted by molar-refractivity contribution is -0.143. The van der Waals surface area contributed by atoms with Gasteiger partial charge in [0.05, 0.1) is 28.9 Å². The van der Waals surface area contributed by atoms with Gasteiger partial charge in [0.2, 0.25) is 0 Å². The van der Waals surface area contributed by atoms with Gasteiger partial charge in [-0.3, -0.25) is 14.4 Å². The second-order valence-electron chi connectivity index (χ2n) is 12.9. The first-order chi connectivity index (χ1) is 27.2. The summed E-state index contributed by atoms with van der Waals surface area (Å²) in [7, 11) is 0. The maximum Gasteiger partial charge on any atom is 0.338 e. The lowest BCUT2D eigenvalue weighted by atomic mass is 10.1. The molecule has 312 valence electrons. The molecule has 58 heavy (non-hydrogen) atoms. The van der Waals surface area contributed by atoms with Crippen LogP contribution >= 0.6 is 23.2 Å². The molecule has 0 heterocycles. The van der Waals surface area contributed by atoms with Crippen LogP contribution in [0, 0.1) is 6.92 Å². The van der Waals surface area contributed by atoms with Gasteiger partial charge in [-0.1, -0.05) is 54.1 Å². The Kier molecular flexibility index (Phi) is 23.1. The Hall–Kier alpha value is -5.40. The Balaban J connectivity index is 0.000000682. The average molecular weight is 842 g/mol. The molecule has 6 unspecified atom stereocenters. The fourth-order valence-electron chi connectivity index (χ4n) is 4.39. The van der Waals surface area contributed by atoms with Crippen LogP contribution in [0.25, 0.3) is 0 Å². The van der Waals surface area contributed by atoms with Crippen LogP contribution in [0.2, 0.25) is 0 Å². The molecule has 0 amide bonds. The van der Waals surface area contributed by atoms with E-state index in [2.05, 4.69) is 0 Å². The summed E-state index contributed by atoms with van der Waals surface area (Å²) in [5.41, 5.74) is 2.33. The second-order valence-corrected chi connectivity index (χ2v) is 13.5. The van der Waals surface area contributed by atoms with E-state index in [0.717, 1.165) is 5.56 Å². The zero-order valence-electron chi connectivity index (χ0n) is 33.6. The molecule has 0 aliphatic rings. The zero-order valence-corrected chi connectivity index (χ0v) is 35.1. The minimum Gasteiger partial charge on any atom is -0.459 e. The molecule has 0 fully saturated rings. The molecule has 3 aromatic rings. The molecular weight excluding hydrogens is 791 g/mol. The highest BCUT2D eigenvalue weighted by molar-refractivity contribution is 6.69. The van der Waals surface area contributed by atoms with Gasteiger partial charge in [0.15, 0.2) is 0 Å². The van der Waals surface area contributed by atoms with E-state index >= 15 is 0 Å². The summed E-state index contributed by atoms with van der Waals surface area (Å²) in [5.74, 6) is -2.09. The molecule has 6 atom stereocenters. The van der Waals surface area contributed by atoms with Crippen LogP contribution in [-0.4, -0.2) is 81.2 Å². The molecule has 14 heteroatoms. The van der Waals surface area contributed by atoms with Gasteiger partial charge < -0.3 is 29.2 Å². The van der Waals surface area contributed by atoms with Gasteiger partial charge >= 0.3 is 23.9 Å². The van der Waals surface area contributed by atoms with Crippen molar-refractivity contribution in [2.24, 2.45) is 0 Å². The van der Waals surface area contributed by atoms with Crippen molar-refractivity contribution in [3.63, 3.8) is 0 Å². The quantitative estimate of drug-likeness (QED) is 0.0650. The van der Waals surface area contributed by atoms with Crippen LogP contribution in [0.3, 0.4) is 0 Å². The standard InChI is InChI=1S/C30H34O8.C8H4Cl2O2.C6H12O2/c1-19-9-7-10-25(17-19)28(32)36-22(4)15-16-23(5)38-30(34)27-12-8-11-26(18-27)29(33)37-21(3)14-13-20(2)35-24(6)31;9-7(11)5-2-1-3-6(4-5)8(10)12;1-5(7)3-4-6(2)8/h7-18,20-23H,1-6H3;1-4H;3-8H,1-2H3/b14-13+,16-15+;;4-3+. The number of aliphatic hydroxyl groups excluding tert-OH is 2. The fraction of sp³-hybridized carbons (Fsp3) is 0.318. The fourth-order valence-corrected chi connectivity index (χ4v) is 4.62. The minimum atomic E-state index is -0.621. The molecule has 3 rings (SSSR count). The van der Waals surface area contributed by atoms with Crippen LogP contribution in [-0.2, 0) is 23.7 Å². The molecule has 3 aromatic carbocycles. The van der Waals surface area contributed by atoms with Gasteiger partial charge in [-0.05, 0) is 132 Å². The minimum absolute atomic E-state index is 0.185. The number of carbonyl (C=O) groups excluding carboxylic acids is 6. The van der Waals surface area contributed by atoms with Crippen molar-refractivity contribution in [3.8, 4) is 0 Å². The Labute approximate surface area is 349 Å². The van der Waals surface area contributed by atoms with Gasteiger partial charge in [-0.2, -0.15) is 0 Å². The molecule has 0 radical (unpaired) electrons. The van der Waals surface area contributed by atoms with Gasteiger partial charge in [0.25, 0.3) is 10.5 Å². The number of esters is 4. The lowest BCUT2D eigenvalue weighted by Gasteiger charge is -2.13. The van der Waals surface area contributed by atoms with Crippen LogP contribution in [0.15, 0.2) is 109 Å². The van der Waals surface area contributed by atoms with Crippen molar-refractivity contribution < 1.29 is 57.9 Å². The maximum absolute atomic E-state index is 12.6. The van der Waals surface area contributed by atoms with Gasteiger partial charge in [0.1, 0.15) is 24.4 Å². The predicted octanol–water partition coefficient (Wildman–Crippen LogP) is 8.14. The van der Waals surface area contributed by atoms with Crippen LogP contribution in [0.5, 0.6) is 0 Å². The van der Waals surface area contributed by atoms with Gasteiger partial charge in [0, 0.05) is 18.1 Å². The summed E-state index contributed by atoms with van der Waals surface area (Å²) in [4.78, 5) is 69.6. The highest BCUT2D eigenvalue weighted by atomic mass is 35.5. The number of rotatable bonds is 15. The van der Waals surface area contributed by atoms with Crippen molar-refractivity contribution in [1.82, 2.24) is 0 Å². The zero-order chi connectivity index (χ0) is 43.9. The van der Waals surface area contributed by atoms with Crippen LogP contribution in [0.4, 0.5) is 0 Å². The molecule has 0 saturated heterocycles. The molecule has 0 saturated carbocycles. The van der Waals surface area contributed by atoms with Crippen LogP contribution in [0.1, 0.15) is 106 Å². The van der Waals surface area contributed by atoms with E-state index in [1.54, 1.807) is 108 Å². The van der Waals surface area contributed by atoms with Crippen LogP contribution < -0.4 is 0 Å². The number of aryl methyl sites for hydroxylation is 1. The topological polar surface area (TPSA) is 180 Å². The third kappa shape index (κ3) is 21.8. The molecule has 2 N–H and O–H groups in total. The molecule has 0 aromatic heterocycles. The third-order valence-corrected chi connectivity index (χ3v) is 7.55. The number of hydrogen-bond acceptors (Lipinski definition) is 12. The van der Waals surface area contributed by atoms with E-state index in [9.17, 15) is 28.8 Å². The Morgan fingerprint density at radius 1 is 0.483 bits per heavy atom. The van der Waals surface area contributed by atoms with Crippen molar-refractivity contribution in [2.45, 2.75) is 92.0 Å². The summed E-state index contributed by atoms with van der Waals surface area (Å²) in [5, 5.41) is 16.0. The van der Waals surface area contributed by atoms with Crippen molar-refractivity contribution >= 4 is 57.6 Å². The summed E-state index contributed by atoms with van der Waals surface area (Å²) in [6.07, 6.45) is 6.49. The lowest BCUT2D eigenvalue weighted by Crippen LogP contribution is -2.17. The van der Waals surface area contributed by atoms with Crippen molar-refractivity contribution in [1.29, 1.82) is 0 Å². The highest BCUT2D eigenvalue weighted by Gasteiger charge is 2.17. The summed E-state index contributed by atoms with van der Waals surface area (Å²) >= 11 is 10.4. The second kappa shape index (κ2) is 26.5. The first-order valence-electron chi connectivity index (χ1n) is 18.1. The molecule has 12 nitrogen and oxygen atoms in total. The SMILES string of the molecule is CC(=O)OC(C)/C=C/C(C)OC(=O)c1cccc(C(=O)OC(C)/C=C/C(C)OC(=O)c2cccc(C)c2)c1.CC(O)/C=C/C(C)O.O=C(Cl)c1cccc(C(=O)Cl)c1. The van der Waals surface area contributed by atoms with Crippen molar-refractivity contribution in [3.05, 3.63) is 143 Å². The molecule has 0 aliphatic heterocycles. The monoisotopic (exact) mass is 840 g/mol. The number of benzene rings is 3. The normalized spacial score (nSPS) is 14.0. The summed E-state index contributed by atoms with van der Waals surface area (Å²) in [6.45, 7) is 13.2. The third-order valence-electron chi connectivity index (χ3n) is 7.11. The molecule has 0 bridgehead atoms. The molecule has 0 aliphatic carbocycles. The number of carbonyl (C=O) groups is 6. The Bertz CT molecular complexity index is 1890. The van der Waals surface area contributed by atoms with E-state index in [0.29, 0.717) is 5.56 Å². The predicted molar refractivity (Wildman–Crippen MR) is 221 cm³/mol. The Morgan fingerprint density at radius 2 is 0.776 bits per heavy atom. The van der Waals surface area contributed by atoms with E-state index < -0.39 is 71.0 Å². The highest BCUT2D eigenvalue weighted by Crippen LogP contribution is 2.13. The van der Waals surface area contributed by atoms with Gasteiger partial charge in [-0.15, -0.1) is 0 Å². The molecule has 0 spiro atoms. The summed E-state index contributed by atoms with van der Waals surface area (Å²) < 4.78 is 21.2. The first kappa shape index (κ1) is 50.6. The maximum atomic E-state index is 12.6. The molecular formula is C44H50Cl2O12. The number of hydrogen-bond donors (Lipinski definition) is 2. The largest absolute Gasteiger partial charge is 0.459 e. The van der Waals surface area contributed by atoms with E-state index in [4.69, 9.17) is 52.4 Å². The summed E-state index contributed by atoms with van der Waals surface area (Å²) in [6, 6.07) is 19.1. The van der Waals surface area contributed by atoms with E-state index in [1.165, 1.54) is 43.3 Å². The van der Waals surface area contributed by atoms with Gasteiger partial charge in [-0.25, -0.2) is 14.4 Å². The number of halogens is 2. The Morgan fingerprint density at radius 3 is 1.09 bits per heavy atom. The van der Waals surface area contributed by atoms with Crippen molar-refractivity contribution in [2.75, 3.05) is 0 Å². The van der Waals surface area contributed by atoms with E-state index in [-0.39, 0.29) is 22.3 Å². The number of ether oxygens (including phenoxy) is 4. The average Bonchev–Trinajstić information content (AvgIpc) is 3.15.